The maximum atomic E-state index is 5.33. The van der Waals surface area contributed by atoms with Gasteiger partial charge in [0.15, 0.2) is 5.82 Å². The Bertz CT molecular complexity index is 904. The molecule has 0 bridgehead atoms. The van der Waals surface area contributed by atoms with Crippen molar-refractivity contribution in [2.24, 2.45) is 5.10 Å². The highest BCUT2D eigenvalue weighted by molar-refractivity contribution is 9.10. The molecule has 0 fully saturated rings. The van der Waals surface area contributed by atoms with Crippen molar-refractivity contribution in [3.8, 4) is 17.1 Å². The summed E-state index contributed by atoms with van der Waals surface area (Å²) in [6.07, 6.45) is 5.08. The summed E-state index contributed by atoms with van der Waals surface area (Å²) in [5.74, 6) is 1.31. The number of H-pyrrole nitrogens is 1. The van der Waals surface area contributed by atoms with Gasteiger partial charge in [-0.25, -0.2) is 5.10 Å². The molecule has 0 aliphatic heterocycles. The molecule has 1 N–H and O–H groups in total. The zero-order valence-corrected chi connectivity index (χ0v) is 14.5. The first kappa shape index (κ1) is 15.6. The number of hydrogen-bond donors (Lipinski definition) is 1. The molecule has 0 amide bonds. The van der Waals surface area contributed by atoms with E-state index in [9.17, 15) is 0 Å². The topological polar surface area (TPSA) is 68.1 Å². The fraction of sp³-hybridized carbons (Fsp3) is 0.0667. The van der Waals surface area contributed by atoms with Crippen LogP contribution in [0.15, 0.2) is 52.3 Å². The third kappa shape index (κ3) is 3.38. The standard InChI is InChI=1S/C15H12BrN5OS/c1-22-13-5-4-12(16)7-11(13)9-18-21-14(19-20-15(21)23)10-3-2-6-17-8-10/h2-9H,1H3,(H,20,23)/b18-9-. The molecule has 0 spiro atoms. The van der Waals surface area contributed by atoms with Crippen molar-refractivity contribution in [3.05, 3.63) is 57.5 Å². The molecule has 0 saturated heterocycles. The lowest BCUT2D eigenvalue weighted by Crippen LogP contribution is -1.97. The SMILES string of the molecule is COc1ccc(Br)cc1/C=N\n1c(-c2cccnc2)n[nH]c1=S. The summed E-state index contributed by atoms with van der Waals surface area (Å²) >= 11 is 8.68. The Morgan fingerprint density at radius 3 is 3.00 bits per heavy atom. The molecule has 6 nitrogen and oxygen atoms in total. The number of halogens is 1. The zero-order valence-electron chi connectivity index (χ0n) is 12.1. The van der Waals surface area contributed by atoms with Gasteiger partial charge in [-0.15, -0.1) is 0 Å². The Balaban J connectivity index is 2.03. The van der Waals surface area contributed by atoms with Crippen LogP contribution in [0.25, 0.3) is 11.4 Å². The maximum Gasteiger partial charge on any atom is 0.216 e. The minimum absolute atomic E-state index is 0.397. The summed E-state index contributed by atoms with van der Waals surface area (Å²) in [6, 6.07) is 9.40. The van der Waals surface area contributed by atoms with Crippen LogP contribution >= 0.6 is 28.1 Å². The van der Waals surface area contributed by atoms with Crippen LogP contribution in [-0.4, -0.2) is 33.2 Å². The molecule has 3 rings (SSSR count). The molecule has 2 heterocycles. The van der Waals surface area contributed by atoms with Crippen LogP contribution < -0.4 is 4.74 Å². The first-order valence-corrected chi connectivity index (χ1v) is 7.85. The van der Waals surface area contributed by atoms with Gasteiger partial charge in [0.05, 0.1) is 13.3 Å². The first-order valence-electron chi connectivity index (χ1n) is 6.65. The number of rotatable bonds is 4. The quantitative estimate of drug-likeness (QED) is 0.546. The molecule has 0 saturated carbocycles. The molecular weight excluding hydrogens is 378 g/mol. The Hall–Kier alpha value is -2.32. The summed E-state index contributed by atoms with van der Waals surface area (Å²) in [5.41, 5.74) is 1.64. The highest BCUT2D eigenvalue weighted by atomic mass is 79.9. The van der Waals surface area contributed by atoms with Crippen LogP contribution in [0.1, 0.15) is 5.56 Å². The van der Waals surface area contributed by atoms with Gasteiger partial charge in [0.25, 0.3) is 0 Å². The highest BCUT2D eigenvalue weighted by Crippen LogP contribution is 2.22. The van der Waals surface area contributed by atoms with Gasteiger partial charge in [-0.1, -0.05) is 15.9 Å². The number of aromatic nitrogens is 4. The van der Waals surface area contributed by atoms with Crippen molar-refractivity contribution >= 4 is 34.4 Å². The van der Waals surface area contributed by atoms with Crippen molar-refractivity contribution in [3.63, 3.8) is 0 Å². The number of nitrogens with zero attached hydrogens (tertiary/aromatic N) is 4. The average molecular weight is 390 g/mol. The Kier molecular flexibility index (Phi) is 4.63. The van der Waals surface area contributed by atoms with Crippen molar-refractivity contribution in [2.75, 3.05) is 7.11 Å². The van der Waals surface area contributed by atoms with E-state index in [-0.39, 0.29) is 0 Å². The molecular formula is C15H12BrN5OS. The molecule has 116 valence electrons. The van der Waals surface area contributed by atoms with Crippen molar-refractivity contribution < 1.29 is 4.74 Å². The maximum absolute atomic E-state index is 5.33. The fourth-order valence-electron chi connectivity index (χ4n) is 2.01. The molecule has 2 aromatic heterocycles. The van der Waals surface area contributed by atoms with E-state index in [2.05, 4.69) is 36.2 Å². The number of methoxy groups -OCH3 is 1. The monoisotopic (exact) mass is 389 g/mol. The minimum Gasteiger partial charge on any atom is -0.496 e. The molecule has 3 aromatic rings. The molecule has 0 unspecified atom stereocenters. The third-order valence-corrected chi connectivity index (χ3v) is 3.83. The number of pyridine rings is 1. The molecule has 0 aliphatic rings. The number of benzene rings is 1. The fourth-order valence-corrected chi connectivity index (χ4v) is 2.56. The lowest BCUT2D eigenvalue weighted by atomic mass is 10.2. The molecule has 1 aromatic carbocycles. The second-order valence-corrected chi connectivity index (χ2v) is 5.84. The van der Waals surface area contributed by atoms with Gasteiger partial charge >= 0.3 is 0 Å². The van der Waals surface area contributed by atoms with Crippen LogP contribution in [-0.2, 0) is 0 Å². The van der Waals surface area contributed by atoms with Crippen LogP contribution in [0.2, 0.25) is 0 Å². The number of hydrogen-bond acceptors (Lipinski definition) is 5. The molecule has 0 radical (unpaired) electrons. The largest absolute Gasteiger partial charge is 0.496 e. The average Bonchev–Trinajstić information content (AvgIpc) is 2.94. The van der Waals surface area contributed by atoms with Crippen LogP contribution in [0.4, 0.5) is 0 Å². The zero-order chi connectivity index (χ0) is 16.2. The summed E-state index contributed by atoms with van der Waals surface area (Å²) in [6.45, 7) is 0. The van der Waals surface area contributed by atoms with Crippen molar-refractivity contribution in [1.82, 2.24) is 19.9 Å². The summed E-state index contributed by atoms with van der Waals surface area (Å²) in [4.78, 5) is 4.09. The van der Waals surface area contributed by atoms with Gasteiger partial charge in [-0.05, 0) is 42.5 Å². The van der Waals surface area contributed by atoms with E-state index in [1.807, 2.05) is 30.3 Å². The van der Waals surface area contributed by atoms with Gasteiger partial charge in [0.1, 0.15) is 5.75 Å². The van der Waals surface area contributed by atoms with E-state index in [0.29, 0.717) is 10.6 Å². The second kappa shape index (κ2) is 6.84. The predicted molar refractivity (Wildman–Crippen MR) is 94.3 cm³/mol. The van der Waals surface area contributed by atoms with E-state index in [1.54, 1.807) is 30.4 Å². The summed E-state index contributed by atoms with van der Waals surface area (Å²) in [7, 11) is 1.62. The van der Waals surface area contributed by atoms with E-state index in [0.717, 1.165) is 21.3 Å². The van der Waals surface area contributed by atoms with E-state index >= 15 is 0 Å². The van der Waals surface area contributed by atoms with Crippen LogP contribution in [0, 0.1) is 4.77 Å². The first-order chi connectivity index (χ1) is 11.2. The predicted octanol–water partition coefficient (Wildman–Crippen LogP) is 3.66. The Morgan fingerprint density at radius 2 is 2.26 bits per heavy atom. The normalized spacial score (nSPS) is 11.0. The van der Waals surface area contributed by atoms with E-state index < -0.39 is 0 Å². The lowest BCUT2D eigenvalue weighted by Gasteiger charge is -2.05. The second-order valence-electron chi connectivity index (χ2n) is 4.54. The molecule has 0 aliphatic carbocycles. The molecule has 23 heavy (non-hydrogen) atoms. The van der Waals surface area contributed by atoms with Crippen LogP contribution in [0.3, 0.4) is 0 Å². The van der Waals surface area contributed by atoms with Crippen molar-refractivity contribution in [2.45, 2.75) is 0 Å². The number of aromatic amines is 1. The highest BCUT2D eigenvalue weighted by Gasteiger charge is 2.08. The van der Waals surface area contributed by atoms with Gasteiger partial charge < -0.3 is 4.74 Å². The van der Waals surface area contributed by atoms with E-state index in [1.165, 1.54) is 0 Å². The van der Waals surface area contributed by atoms with Gasteiger partial charge in [-0.2, -0.15) is 14.9 Å². The number of nitrogens with one attached hydrogen (secondary N) is 1. The summed E-state index contributed by atoms with van der Waals surface area (Å²) < 4.78 is 8.21. The van der Waals surface area contributed by atoms with Crippen LogP contribution in [0.5, 0.6) is 5.75 Å². The summed E-state index contributed by atoms with van der Waals surface area (Å²) in [5, 5.41) is 11.4. The van der Waals surface area contributed by atoms with E-state index in [4.69, 9.17) is 17.0 Å². The van der Waals surface area contributed by atoms with Gasteiger partial charge in [0.2, 0.25) is 4.77 Å². The molecule has 8 heteroatoms. The minimum atomic E-state index is 0.397. The Labute approximate surface area is 146 Å². The van der Waals surface area contributed by atoms with Gasteiger partial charge in [-0.3, -0.25) is 4.98 Å². The number of ether oxygens (including phenoxy) is 1. The Morgan fingerprint density at radius 1 is 1.39 bits per heavy atom. The molecule has 0 atom stereocenters. The smallest absolute Gasteiger partial charge is 0.216 e. The van der Waals surface area contributed by atoms with Gasteiger partial charge in [0, 0.05) is 28.0 Å². The lowest BCUT2D eigenvalue weighted by molar-refractivity contribution is 0.414. The third-order valence-electron chi connectivity index (χ3n) is 3.07. The van der Waals surface area contributed by atoms with Crippen molar-refractivity contribution in [1.29, 1.82) is 0 Å².